The molecule has 1 aliphatic heterocycles. The molecule has 0 aromatic heterocycles. The van der Waals surface area contributed by atoms with E-state index in [1.165, 1.54) is 4.90 Å². The summed E-state index contributed by atoms with van der Waals surface area (Å²) in [5, 5.41) is 9.20. The monoisotopic (exact) mass is 437 g/mol. The number of hydrogen-bond acceptors (Lipinski definition) is 4. The lowest BCUT2D eigenvalue weighted by Crippen LogP contribution is -2.27. The van der Waals surface area contributed by atoms with Gasteiger partial charge in [-0.25, -0.2) is 0 Å². The molecule has 6 heteroatoms. The van der Waals surface area contributed by atoms with E-state index in [0.717, 1.165) is 20.9 Å². The highest BCUT2D eigenvalue weighted by Gasteiger charge is 2.34. The predicted octanol–water partition coefficient (Wildman–Crippen LogP) is 4.23. The van der Waals surface area contributed by atoms with Gasteiger partial charge >= 0.3 is 0 Å². The van der Waals surface area contributed by atoms with Crippen molar-refractivity contribution in [1.82, 2.24) is 4.90 Å². The molecule has 4 nitrogen and oxygen atoms in total. The number of imide groups is 1. The van der Waals surface area contributed by atoms with Crippen LogP contribution in [0.15, 0.2) is 53.4 Å². The first-order valence-corrected chi connectivity index (χ1v) is 8.71. The van der Waals surface area contributed by atoms with E-state index in [0.29, 0.717) is 10.5 Å². The van der Waals surface area contributed by atoms with Gasteiger partial charge < -0.3 is 5.11 Å². The Morgan fingerprint density at radius 2 is 1.87 bits per heavy atom. The first-order chi connectivity index (χ1) is 11.0. The maximum Gasteiger partial charge on any atom is 0.293 e. The van der Waals surface area contributed by atoms with Gasteiger partial charge in [0.05, 0.1) is 11.4 Å². The first kappa shape index (κ1) is 16.1. The zero-order chi connectivity index (χ0) is 16.4. The molecule has 116 valence electrons. The second-order valence-electron chi connectivity index (χ2n) is 4.99. The normalized spacial score (nSPS) is 16.4. The standard InChI is InChI=1S/C17H12INO3S/c18-13-6-4-11(5-7-13)10-19-16(21)15(23-17(19)22)9-12-2-1-3-14(20)8-12/h1-9,20H,10H2/b15-9-. The zero-order valence-electron chi connectivity index (χ0n) is 11.9. The summed E-state index contributed by atoms with van der Waals surface area (Å²) in [4.78, 5) is 26.1. The summed E-state index contributed by atoms with van der Waals surface area (Å²) >= 11 is 3.13. The topological polar surface area (TPSA) is 57.6 Å². The van der Waals surface area contributed by atoms with Crippen LogP contribution in [0.2, 0.25) is 0 Å². The van der Waals surface area contributed by atoms with Gasteiger partial charge in [-0.2, -0.15) is 0 Å². The van der Waals surface area contributed by atoms with Crippen molar-refractivity contribution in [1.29, 1.82) is 0 Å². The number of phenolic OH excluding ortho intramolecular Hbond substituents is 1. The number of nitrogens with zero attached hydrogens (tertiary/aromatic N) is 1. The van der Waals surface area contributed by atoms with Crippen LogP contribution >= 0.6 is 34.4 Å². The van der Waals surface area contributed by atoms with E-state index in [2.05, 4.69) is 22.6 Å². The first-order valence-electron chi connectivity index (χ1n) is 6.82. The lowest BCUT2D eigenvalue weighted by Gasteiger charge is -2.12. The molecule has 0 bridgehead atoms. The van der Waals surface area contributed by atoms with Crippen LogP contribution in [-0.4, -0.2) is 21.2 Å². The molecule has 1 aliphatic rings. The lowest BCUT2D eigenvalue weighted by atomic mass is 10.2. The Kier molecular flexibility index (Phi) is 4.72. The predicted molar refractivity (Wildman–Crippen MR) is 98.8 cm³/mol. The molecular weight excluding hydrogens is 425 g/mol. The lowest BCUT2D eigenvalue weighted by molar-refractivity contribution is -0.123. The third kappa shape index (κ3) is 3.76. The summed E-state index contributed by atoms with van der Waals surface area (Å²) in [5.74, 6) is -0.182. The molecule has 1 N–H and O–H groups in total. The Hall–Kier alpha value is -1.80. The van der Waals surface area contributed by atoms with Gasteiger partial charge in [0.2, 0.25) is 0 Å². The largest absolute Gasteiger partial charge is 0.508 e. The highest BCUT2D eigenvalue weighted by molar-refractivity contribution is 14.1. The average Bonchev–Trinajstić information content (AvgIpc) is 2.77. The van der Waals surface area contributed by atoms with Crippen LogP contribution in [0.3, 0.4) is 0 Å². The molecule has 0 aliphatic carbocycles. The maximum atomic E-state index is 12.4. The molecule has 23 heavy (non-hydrogen) atoms. The number of rotatable bonds is 3. The number of amides is 2. The number of thioether (sulfide) groups is 1. The molecule has 2 amide bonds. The second-order valence-corrected chi connectivity index (χ2v) is 7.23. The highest BCUT2D eigenvalue weighted by atomic mass is 127. The Balaban J connectivity index is 1.81. The van der Waals surface area contributed by atoms with Crippen LogP contribution in [0.5, 0.6) is 5.75 Å². The minimum absolute atomic E-state index is 0.122. The zero-order valence-corrected chi connectivity index (χ0v) is 14.9. The Morgan fingerprint density at radius 1 is 1.13 bits per heavy atom. The van der Waals surface area contributed by atoms with E-state index < -0.39 is 0 Å². The van der Waals surface area contributed by atoms with E-state index in [4.69, 9.17) is 0 Å². The molecule has 0 saturated carbocycles. The third-order valence-corrected chi connectivity index (χ3v) is 4.92. The minimum atomic E-state index is -0.304. The molecule has 0 spiro atoms. The van der Waals surface area contributed by atoms with Gasteiger partial charge in [0, 0.05) is 3.57 Å². The van der Waals surface area contributed by atoms with Crippen molar-refractivity contribution in [3.63, 3.8) is 0 Å². The summed E-state index contributed by atoms with van der Waals surface area (Å²) < 4.78 is 1.10. The van der Waals surface area contributed by atoms with Crippen LogP contribution in [0.1, 0.15) is 11.1 Å². The number of hydrogen-bond donors (Lipinski definition) is 1. The molecule has 1 heterocycles. The Bertz CT molecular complexity index is 802. The van der Waals surface area contributed by atoms with Gasteiger partial charge in [-0.3, -0.25) is 14.5 Å². The van der Waals surface area contributed by atoms with Gasteiger partial charge in [-0.1, -0.05) is 24.3 Å². The van der Waals surface area contributed by atoms with Gasteiger partial charge in [0.25, 0.3) is 11.1 Å². The van der Waals surface area contributed by atoms with E-state index >= 15 is 0 Å². The SMILES string of the molecule is O=C1S/C(=C\c2cccc(O)c2)C(=O)N1Cc1ccc(I)cc1. The molecule has 2 aromatic rings. The van der Waals surface area contributed by atoms with Crippen molar-refractivity contribution in [2.45, 2.75) is 6.54 Å². The molecular formula is C17H12INO3S. The van der Waals surface area contributed by atoms with Crippen LogP contribution in [-0.2, 0) is 11.3 Å². The fraction of sp³-hybridized carbons (Fsp3) is 0.0588. The molecule has 1 saturated heterocycles. The Morgan fingerprint density at radius 3 is 2.57 bits per heavy atom. The summed E-state index contributed by atoms with van der Waals surface area (Å²) in [7, 11) is 0. The molecule has 0 unspecified atom stereocenters. The fourth-order valence-corrected chi connectivity index (χ4v) is 3.37. The van der Waals surface area contributed by atoms with Gasteiger partial charge in [-0.05, 0) is 75.8 Å². The van der Waals surface area contributed by atoms with E-state index in [9.17, 15) is 14.7 Å². The van der Waals surface area contributed by atoms with Crippen molar-refractivity contribution in [3.05, 3.63) is 68.1 Å². The Labute approximate surface area is 151 Å². The van der Waals surface area contributed by atoms with Crippen molar-refractivity contribution in [3.8, 4) is 5.75 Å². The van der Waals surface area contributed by atoms with Gasteiger partial charge in [0.15, 0.2) is 0 Å². The number of carbonyl (C=O) groups is 2. The number of benzene rings is 2. The smallest absolute Gasteiger partial charge is 0.293 e. The third-order valence-electron chi connectivity index (χ3n) is 3.30. The van der Waals surface area contributed by atoms with Gasteiger partial charge in [-0.15, -0.1) is 0 Å². The van der Waals surface area contributed by atoms with Crippen LogP contribution < -0.4 is 0 Å². The summed E-state index contributed by atoms with van der Waals surface area (Å²) in [6.07, 6.45) is 1.62. The quantitative estimate of drug-likeness (QED) is 0.577. The minimum Gasteiger partial charge on any atom is -0.508 e. The summed E-state index contributed by atoms with van der Waals surface area (Å²) in [6.45, 7) is 0.263. The van der Waals surface area contributed by atoms with Crippen LogP contribution in [0.4, 0.5) is 4.79 Å². The second kappa shape index (κ2) is 6.76. The van der Waals surface area contributed by atoms with Crippen molar-refractivity contribution >= 4 is 51.6 Å². The molecule has 2 aromatic carbocycles. The van der Waals surface area contributed by atoms with Crippen molar-refractivity contribution in [2.75, 3.05) is 0 Å². The number of carbonyl (C=O) groups excluding carboxylic acids is 2. The van der Waals surface area contributed by atoms with E-state index in [1.807, 2.05) is 24.3 Å². The molecule has 0 radical (unpaired) electrons. The summed E-state index contributed by atoms with van der Waals surface area (Å²) in [5.41, 5.74) is 1.59. The fourth-order valence-electron chi connectivity index (χ4n) is 2.17. The van der Waals surface area contributed by atoms with Crippen LogP contribution in [0, 0.1) is 3.57 Å². The molecule has 0 atom stereocenters. The molecule has 3 rings (SSSR count). The summed E-state index contributed by atoms with van der Waals surface area (Å²) in [6, 6.07) is 14.3. The van der Waals surface area contributed by atoms with E-state index in [-0.39, 0.29) is 23.4 Å². The highest BCUT2D eigenvalue weighted by Crippen LogP contribution is 2.33. The number of phenols is 1. The number of halogens is 1. The van der Waals surface area contributed by atoms with E-state index in [1.54, 1.807) is 30.3 Å². The maximum absolute atomic E-state index is 12.4. The number of aromatic hydroxyl groups is 1. The molecule has 1 fully saturated rings. The van der Waals surface area contributed by atoms with Gasteiger partial charge in [0.1, 0.15) is 5.75 Å². The average molecular weight is 437 g/mol. The van der Waals surface area contributed by atoms with Crippen molar-refractivity contribution in [2.24, 2.45) is 0 Å². The van der Waals surface area contributed by atoms with Crippen LogP contribution in [0.25, 0.3) is 6.08 Å². The van der Waals surface area contributed by atoms with Crippen molar-refractivity contribution < 1.29 is 14.7 Å².